The number of nitrogens with two attached hydrogens (primary N) is 1. The van der Waals surface area contributed by atoms with Gasteiger partial charge < -0.3 is 5.73 Å². The van der Waals surface area contributed by atoms with Gasteiger partial charge in [0.2, 0.25) is 0 Å². The van der Waals surface area contributed by atoms with Gasteiger partial charge in [-0.3, -0.25) is 4.79 Å². The predicted octanol–water partition coefficient (Wildman–Crippen LogP) is 3.56. The van der Waals surface area contributed by atoms with Crippen LogP contribution in [0.1, 0.15) is 32.6 Å². The Hall–Kier alpha value is -2.16. The number of halogens is 1. The zero-order valence-corrected chi connectivity index (χ0v) is 11.3. The highest BCUT2D eigenvalue weighted by Gasteiger charge is 2.17. The lowest BCUT2D eigenvalue weighted by atomic mass is 9.93. The van der Waals surface area contributed by atoms with Crippen molar-refractivity contribution in [3.8, 4) is 0 Å². The van der Waals surface area contributed by atoms with E-state index in [0.29, 0.717) is 27.9 Å². The molecule has 0 amide bonds. The van der Waals surface area contributed by atoms with Crippen LogP contribution in [0, 0.1) is 26.6 Å². The molecular formula is C16H16FNO. The number of aryl methyl sites for hydroxylation is 3. The van der Waals surface area contributed by atoms with Gasteiger partial charge in [0, 0.05) is 16.8 Å². The van der Waals surface area contributed by atoms with E-state index in [1.54, 1.807) is 26.0 Å². The molecule has 0 radical (unpaired) electrons. The first-order valence-corrected chi connectivity index (χ1v) is 6.07. The predicted molar refractivity (Wildman–Crippen MR) is 74.9 cm³/mol. The standard InChI is InChI=1S/C16H16FNO/c1-9-4-5-14(18)13(6-9)16(19)15-10(2)7-12(17)8-11(15)3/h4-8H,18H2,1-3H3. The van der Waals surface area contributed by atoms with Gasteiger partial charge >= 0.3 is 0 Å². The molecule has 0 aliphatic carbocycles. The molecule has 0 aliphatic rings. The fourth-order valence-electron chi connectivity index (χ4n) is 2.27. The number of nitrogen functional groups attached to an aromatic ring is 1. The van der Waals surface area contributed by atoms with Crippen LogP contribution in [0.5, 0.6) is 0 Å². The summed E-state index contributed by atoms with van der Waals surface area (Å²) in [6.07, 6.45) is 0. The zero-order valence-electron chi connectivity index (χ0n) is 11.3. The lowest BCUT2D eigenvalue weighted by Crippen LogP contribution is -2.09. The third-order valence-electron chi connectivity index (χ3n) is 3.18. The van der Waals surface area contributed by atoms with Crippen molar-refractivity contribution in [2.75, 3.05) is 5.73 Å². The fourth-order valence-corrected chi connectivity index (χ4v) is 2.27. The van der Waals surface area contributed by atoms with Crippen LogP contribution in [0.4, 0.5) is 10.1 Å². The Morgan fingerprint density at radius 3 is 2.21 bits per heavy atom. The normalized spacial score (nSPS) is 10.5. The Kier molecular flexibility index (Phi) is 3.38. The maximum absolute atomic E-state index is 13.3. The number of anilines is 1. The summed E-state index contributed by atoms with van der Waals surface area (Å²) < 4.78 is 13.3. The second-order valence-electron chi connectivity index (χ2n) is 4.83. The Morgan fingerprint density at radius 2 is 1.63 bits per heavy atom. The minimum Gasteiger partial charge on any atom is -0.398 e. The molecule has 2 aromatic carbocycles. The molecule has 2 aromatic rings. The van der Waals surface area contributed by atoms with E-state index in [0.717, 1.165) is 5.56 Å². The van der Waals surface area contributed by atoms with Crippen LogP contribution in [0.25, 0.3) is 0 Å². The van der Waals surface area contributed by atoms with Crippen LogP contribution < -0.4 is 5.73 Å². The van der Waals surface area contributed by atoms with Gasteiger partial charge in [0.15, 0.2) is 5.78 Å². The van der Waals surface area contributed by atoms with Crippen molar-refractivity contribution in [3.63, 3.8) is 0 Å². The quantitative estimate of drug-likeness (QED) is 0.660. The molecule has 0 aliphatic heterocycles. The number of carbonyl (C=O) groups is 1. The summed E-state index contributed by atoms with van der Waals surface area (Å²) in [4.78, 5) is 12.6. The smallest absolute Gasteiger partial charge is 0.195 e. The van der Waals surface area contributed by atoms with E-state index in [4.69, 9.17) is 5.73 Å². The summed E-state index contributed by atoms with van der Waals surface area (Å²) in [6.45, 7) is 5.37. The first-order chi connectivity index (χ1) is 8.90. The largest absolute Gasteiger partial charge is 0.398 e. The maximum atomic E-state index is 13.3. The Bertz CT molecular complexity index is 639. The summed E-state index contributed by atoms with van der Waals surface area (Å²) in [5, 5.41) is 0. The molecule has 98 valence electrons. The average Bonchev–Trinajstić information content (AvgIpc) is 2.30. The molecule has 3 heteroatoms. The fraction of sp³-hybridized carbons (Fsp3) is 0.188. The molecule has 0 saturated carbocycles. The number of hydrogen-bond donors (Lipinski definition) is 1. The Balaban J connectivity index is 2.59. The molecule has 0 fully saturated rings. The van der Waals surface area contributed by atoms with Crippen molar-refractivity contribution in [1.82, 2.24) is 0 Å². The first-order valence-electron chi connectivity index (χ1n) is 6.07. The molecule has 0 bridgehead atoms. The van der Waals surface area contributed by atoms with Crippen molar-refractivity contribution >= 4 is 11.5 Å². The van der Waals surface area contributed by atoms with E-state index in [9.17, 15) is 9.18 Å². The van der Waals surface area contributed by atoms with Gasteiger partial charge in [0.1, 0.15) is 5.82 Å². The highest BCUT2D eigenvalue weighted by Crippen LogP contribution is 2.23. The molecule has 0 atom stereocenters. The summed E-state index contributed by atoms with van der Waals surface area (Å²) >= 11 is 0. The number of rotatable bonds is 2. The monoisotopic (exact) mass is 257 g/mol. The van der Waals surface area contributed by atoms with E-state index in [1.165, 1.54) is 12.1 Å². The van der Waals surface area contributed by atoms with E-state index in [2.05, 4.69) is 0 Å². The van der Waals surface area contributed by atoms with Gasteiger partial charge in [-0.2, -0.15) is 0 Å². The van der Waals surface area contributed by atoms with Crippen molar-refractivity contribution in [2.45, 2.75) is 20.8 Å². The molecule has 19 heavy (non-hydrogen) atoms. The third-order valence-corrected chi connectivity index (χ3v) is 3.18. The van der Waals surface area contributed by atoms with Crippen molar-refractivity contribution < 1.29 is 9.18 Å². The summed E-state index contributed by atoms with van der Waals surface area (Å²) in [6, 6.07) is 8.07. The maximum Gasteiger partial charge on any atom is 0.195 e. The molecular weight excluding hydrogens is 241 g/mol. The lowest BCUT2D eigenvalue weighted by molar-refractivity contribution is 0.103. The van der Waals surface area contributed by atoms with Gasteiger partial charge in [-0.15, -0.1) is 0 Å². The topological polar surface area (TPSA) is 43.1 Å². The van der Waals surface area contributed by atoms with Crippen LogP contribution in [0.3, 0.4) is 0 Å². The highest BCUT2D eigenvalue weighted by molar-refractivity contribution is 6.13. The number of ketones is 1. The van der Waals surface area contributed by atoms with E-state index < -0.39 is 0 Å². The SMILES string of the molecule is Cc1ccc(N)c(C(=O)c2c(C)cc(F)cc2C)c1. The minimum atomic E-state index is -0.330. The zero-order chi connectivity index (χ0) is 14.2. The second-order valence-corrected chi connectivity index (χ2v) is 4.83. The van der Waals surface area contributed by atoms with Crippen molar-refractivity contribution in [2.24, 2.45) is 0 Å². The van der Waals surface area contributed by atoms with Gasteiger partial charge in [-0.05, 0) is 56.2 Å². The van der Waals surface area contributed by atoms with Crippen LogP contribution in [-0.2, 0) is 0 Å². The van der Waals surface area contributed by atoms with Gasteiger partial charge in [-0.25, -0.2) is 4.39 Å². The van der Waals surface area contributed by atoms with Crippen LogP contribution in [0.2, 0.25) is 0 Å². The second kappa shape index (κ2) is 4.84. The average molecular weight is 257 g/mol. The van der Waals surface area contributed by atoms with E-state index in [1.807, 2.05) is 13.0 Å². The van der Waals surface area contributed by atoms with Gasteiger partial charge in [-0.1, -0.05) is 11.6 Å². The Morgan fingerprint density at radius 1 is 1.05 bits per heavy atom. The number of carbonyl (C=O) groups excluding carboxylic acids is 1. The molecule has 0 aromatic heterocycles. The number of benzene rings is 2. The van der Waals surface area contributed by atoms with Gasteiger partial charge in [0.25, 0.3) is 0 Å². The molecule has 0 heterocycles. The molecule has 2 rings (SSSR count). The summed E-state index contributed by atoms with van der Waals surface area (Å²) in [5.41, 5.74) is 9.53. The molecule has 0 saturated heterocycles. The minimum absolute atomic E-state index is 0.156. The summed E-state index contributed by atoms with van der Waals surface area (Å²) in [7, 11) is 0. The van der Waals surface area contributed by atoms with Gasteiger partial charge in [0.05, 0.1) is 0 Å². The van der Waals surface area contributed by atoms with E-state index >= 15 is 0 Å². The molecule has 0 unspecified atom stereocenters. The van der Waals surface area contributed by atoms with Crippen LogP contribution in [-0.4, -0.2) is 5.78 Å². The van der Waals surface area contributed by atoms with Crippen molar-refractivity contribution in [3.05, 3.63) is 64.0 Å². The van der Waals surface area contributed by atoms with Crippen LogP contribution >= 0.6 is 0 Å². The van der Waals surface area contributed by atoms with Crippen molar-refractivity contribution in [1.29, 1.82) is 0 Å². The third kappa shape index (κ3) is 2.50. The molecule has 2 nitrogen and oxygen atoms in total. The first kappa shape index (κ1) is 13.3. The molecule has 0 spiro atoms. The van der Waals surface area contributed by atoms with E-state index in [-0.39, 0.29) is 11.6 Å². The number of hydrogen-bond acceptors (Lipinski definition) is 2. The van der Waals surface area contributed by atoms with Crippen LogP contribution in [0.15, 0.2) is 30.3 Å². The lowest BCUT2D eigenvalue weighted by Gasteiger charge is -2.11. The highest BCUT2D eigenvalue weighted by atomic mass is 19.1. The summed E-state index contributed by atoms with van der Waals surface area (Å²) in [5.74, 6) is -0.486. The molecule has 2 N–H and O–H groups in total. The Labute approximate surface area is 112 Å².